The first kappa shape index (κ1) is 22.5. The van der Waals surface area contributed by atoms with E-state index in [1.54, 1.807) is 18.6 Å². The first-order valence-corrected chi connectivity index (χ1v) is 14.2. The molecule has 7 rings (SSSR count). The average molecular weight is 515 g/mol. The molecule has 0 saturated heterocycles. The van der Waals surface area contributed by atoms with E-state index in [-0.39, 0.29) is 10.9 Å². The van der Waals surface area contributed by atoms with Crippen LogP contribution in [0.5, 0.6) is 0 Å². The lowest BCUT2D eigenvalue weighted by Gasteiger charge is -2.35. The number of sulfonamides is 1. The van der Waals surface area contributed by atoms with Gasteiger partial charge in [-0.3, -0.25) is 9.55 Å². The predicted octanol–water partition coefficient (Wildman–Crippen LogP) is 4.14. The van der Waals surface area contributed by atoms with E-state index in [1.807, 2.05) is 10.6 Å². The largest absolute Gasteiger partial charge is 0.354 e. The molecule has 0 bridgehead atoms. The highest BCUT2D eigenvalue weighted by atomic mass is 32.2. The van der Waals surface area contributed by atoms with Crippen molar-refractivity contribution < 1.29 is 17.2 Å². The third kappa shape index (κ3) is 3.96. The summed E-state index contributed by atoms with van der Waals surface area (Å²) in [6.07, 6.45) is 8.66. The molecule has 3 saturated carbocycles. The Morgan fingerprint density at radius 1 is 1.08 bits per heavy atom. The van der Waals surface area contributed by atoms with Crippen molar-refractivity contribution in [2.45, 2.75) is 80.2 Å². The molecule has 0 amide bonds. The predicted molar refractivity (Wildman–Crippen MR) is 130 cm³/mol. The Kier molecular flexibility index (Phi) is 4.96. The Morgan fingerprint density at radius 3 is 2.61 bits per heavy atom. The summed E-state index contributed by atoms with van der Waals surface area (Å²) >= 11 is 0. The first-order valence-electron chi connectivity index (χ1n) is 12.8. The van der Waals surface area contributed by atoms with Crippen molar-refractivity contribution in [3.63, 3.8) is 0 Å². The van der Waals surface area contributed by atoms with E-state index >= 15 is 0 Å². The zero-order valence-electron chi connectivity index (χ0n) is 19.8. The van der Waals surface area contributed by atoms with E-state index in [2.05, 4.69) is 25.2 Å². The molecule has 36 heavy (non-hydrogen) atoms. The SMILES string of the molecule is O=S(=O)(NC1CC(F)(F)C1)c1cc2c(c3cnc(C4CC4)cc13)CCC2n1cnnc1NCC1CC1. The van der Waals surface area contributed by atoms with E-state index in [4.69, 9.17) is 0 Å². The van der Waals surface area contributed by atoms with Crippen LogP contribution in [-0.4, -0.2) is 46.7 Å². The number of fused-ring (bicyclic) bond motifs is 3. The molecule has 4 aliphatic carbocycles. The van der Waals surface area contributed by atoms with Crippen LogP contribution in [0.15, 0.2) is 29.6 Å². The molecular formula is C25H28F2N6O2S. The van der Waals surface area contributed by atoms with Gasteiger partial charge in [0.15, 0.2) is 0 Å². The van der Waals surface area contributed by atoms with Gasteiger partial charge in [0.2, 0.25) is 16.0 Å². The minimum absolute atomic E-state index is 0.119. The maximum Gasteiger partial charge on any atom is 0.251 e. The molecule has 0 radical (unpaired) electrons. The summed E-state index contributed by atoms with van der Waals surface area (Å²) in [5.41, 5.74) is 2.88. The summed E-state index contributed by atoms with van der Waals surface area (Å²) in [5, 5.41) is 13.2. The lowest BCUT2D eigenvalue weighted by Crippen LogP contribution is -2.50. The highest BCUT2D eigenvalue weighted by molar-refractivity contribution is 7.89. The Morgan fingerprint density at radius 2 is 1.89 bits per heavy atom. The van der Waals surface area contributed by atoms with E-state index < -0.39 is 34.8 Å². The van der Waals surface area contributed by atoms with Gasteiger partial charge in [0.25, 0.3) is 5.92 Å². The van der Waals surface area contributed by atoms with Crippen LogP contribution in [0.4, 0.5) is 14.7 Å². The Balaban J connectivity index is 1.31. The van der Waals surface area contributed by atoms with E-state index in [0.29, 0.717) is 23.2 Å². The zero-order valence-corrected chi connectivity index (χ0v) is 20.6. The Bertz CT molecular complexity index is 1460. The Labute approximate surface area is 207 Å². The molecule has 1 unspecified atom stereocenters. The highest BCUT2D eigenvalue weighted by Gasteiger charge is 2.47. The molecule has 8 nitrogen and oxygen atoms in total. The van der Waals surface area contributed by atoms with Crippen LogP contribution in [0.25, 0.3) is 10.8 Å². The third-order valence-electron chi connectivity index (χ3n) is 8.03. The molecule has 2 N–H and O–H groups in total. The molecule has 11 heteroatoms. The molecule has 4 aliphatic rings. The summed E-state index contributed by atoms with van der Waals surface area (Å²) in [6.45, 7) is 0.847. The molecule has 3 fully saturated rings. The van der Waals surface area contributed by atoms with Gasteiger partial charge in [-0.15, -0.1) is 10.2 Å². The van der Waals surface area contributed by atoms with Crippen molar-refractivity contribution >= 4 is 26.7 Å². The van der Waals surface area contributed by atoms with Gasteiger partial charge in [-0.1, -0.05) is 0 Å². The second kappa shape index (κ2) is 7.92. The fraction of sp³-hybridized carbons (Fsp3) is 0.560. The topological polar surface area (TPSA) is 102 Å². The first-order chi connectivity index (χ1) is 17.3. The monoisotopic (exact) mass is 514 g/mol. The fourth-order valence-electron chi connectivity index (χ4n) is 5.69. The summed E-state index contributed by atoms with van der Waals surface area (Å²) in [4.78, 5) is 4.82. The molecular weight excluding hydrogens is 486 g/mol. The molecule has 190 valence electrons. The number of nitrogens with zero attached hydrogens (tertiary/aromatic N) is 4. The minimum atomic E-state index is -4.02. The van der Waals surface area contributed by atoms with Crippen LogP contribution >= 0.6 is 0 Å². The smallest absolute Gasteiger partial charge is 0.251 e. The number of rotatable bonds is 8. The van der Waals surface area contributed by atoms with Gasteiger partial charge in [-0.2, -0.15) is 0 Å². The number of aromatic nitrogens is 4. The summed E-state index contributed by atoms with van der Waals surface area (Å²) in [5.74, 6) is -1.09. The van der Waals surface area contributed by atoms with Gasteiger partial charge >= 0.3 is 0 Å². The van der Waals surface area contributed by atoms with Crippen LogP contribution in [-0.2, 0) is 16.4 Å². The molecule has 2 heterocycles. The second-order valence-electron chi connectivity index (χ2n) is 10.9. The summed E-state index contributed by atoms with van der Waals surface area (Å²) < 4.78 is 58.6. The van der Waals surface area contributed by atoms with Crippen LogP contribution in [0.3, 0.4) is 0 Å². The van der Waals surface area contributed by atoms with E-state index in [0.717, 1.165) is 54.4 Å². The molecule has 3 aromatic rings. The number of anilines is 1. The van der Waals surface area contributed by atoms with Crippen molar-refractivity contribution in [1.82, 2.24) is 24.5 Å². The molecule has 0 aliphatic heterocycles. The van der Waals surface area contributed by atoms with Gasteiger partial charge in [0, 0.05) is 54.0 Å². The van der Waals surface area contributed by atoms with Gasteiger partial charge in [-0.05, 0) is 67.7 Å². The molecule has 1 aromatic carbocycles. The Hall–Kier alpha value is -2.66. The maximum absolute atomic E-state index is 13.6. The lowest BCUT2D eigenvalue weighted by atomic mass is 9.89. The van der Waals surface area contributed by atoms with E-state index in [1.165, 1.54) is 12.8 Å². The van der Waals surface area contributed by atoms with Crippen molar-refractivity contribution in [1.29, 1.82) is 0 Å². The summed E-state index contributed by atoms with van der Waals surface area (Å²) in [7, 11) is -4.02. The minimum Gasteiger partial charge on any atom is -0.354 e. The number of halogens is 2. The van der Waals surface area contributed by atoms with Crippen LogP contribution in [0.2, 0.25) is 0 Å². The van der Waals surface area contributed by atoms with Crippen LogP contribution in [0, 0.1) is 5.92 Å². The maximum atomic E-state index is 13.6. The standard InChI is InChI=1S/C25H28F2N6O2S/c26-25(27)9-16(10-25)32-36(34,35)23-8-18-17(20-12-28-21(7-19(20)23)15-3-4-15)5-6-22(18)33-13-30-31-24(33)29-11-14-1-2-14/h7-8,12-16,22,32H,1-6,9-11H2,(H,29,31). The second-order valence-corrected chi connectivity index (χ2v) is 12.6. The van der Waals surface area contributed by atoms with Gasteiger partial charge in [0.05, 0.1) is 10.9 Å². The number of benzene rings is 1. The molecule has 1 atom stereocenters. The number of hydrogen-bond acceptors (Lipinski definition) is 6. The van der Waals surface area contributed by atoms with Crippen LogP contribution < -0.4 is 10.0 Å². The van der Waals surface area contributed by atoms with E-state index in [9.17, 15) is 17.2 Å². The fourth-order valence-corrected chi connectivity index (χ4v) is 7.16. The van der Waals surface area contributed by atoms with Gasteiger partial charge in [0.1, 0.15) is 6.33 Å². The third-order valence-corrected chi connectivity index (χ3v) is 9.59. The molecule has 0 spiro atoms. The van der Waals surface area contributed by atoms with Gasteiger partial charge in [-0.25, -0.2) is 21.9 Å². The van der Waals surface area contributed by atoms with Gasteiger partial charge < -0.3 is 5.32 Å². The van der Waals surface area contributed by atoms with Crippen molar-refractivity contribution in [3.05, 3.63) is 41.5 Å². The normalized spacial score (nSPS) is 23.6. The number of hydrogen-bond donors (Lipinski definition) is 2. The summed E-state index contributed by atoms with van der Waals surface area (Å²) in [6, 6.07) is 2.76. The highest BCUT2D eigenvalue weighted by Crippen LogP contribution is 2.45. The van der Waals surface area contributed by atoms with Crippen molar-refractivity contribution in [3.8, 4) is 0 Å². The van der Waals surface area contributed by atoms with Crippen molar-refractivity contribution in [2.75, 3.05) is 11.9 Å². The van der Waals surface area contributed by atoms with Crippen molar-refractivity contribution in [2.24, 2.45) is 5.92 Å². The zero-order chi connectivity index (χ0) is 24.7. The quantitative estimate of drug-likeness (QED) is 0.469. The van der Waals surface area contributed by atoms with Crippen LogP contribution in [0.1, 0.15) is 73.7 Å². The molecule has 2 aromatic heterocycles. The lowest BCUT2D eigenvalue weighted by molar-refractivity contribution is -0.0876. The number of nitrogens with one attached hydrogen (secondary N) is 2. The number of alkyl halides is 2. The number of aryl methyl sites for hydroxylation is 1. The average Bonchev–Trinajstić information content (AvgIpc) is 3.74. The number of pyridine rings is 1.